The molecular weight excluding hydrogens is 371 g/mol. The average molecular weight is 383 g/mol. The highest BCUT2D eigenvalue weighted by molar-refractivity contribution is 6.82. The fourth-order valence-corrected chi connectivity index (χ4v) is 3.53. The van der Waals surface area contributed by atoms with E-state index in [9.17, 15) is 0 Å². The van der Waals surface area contributed by atoms with E-state index in [0.29, 0.717) is 5.82 Å². The van der Waals surface area contributed by atoms with Crippen LogP contribution in [-0.4, -0.2) is 27.6 Å². The van der Waals surface area contributed by atoms with E-state index >= 15 is 0 Å². The van der Waals surface area contributed by atoms with Crippen LogP contribution < -0.4 is 10.8 Å². The summed E-state index contributed by atoms with van der Waals surface area (Å²) in [5.41, 5.74) is 4.40. The van der Waals surface area contributed by atoms with Gasteiger partial charge in [0.25, 0.3) is 0 Å². The number of benzene rings is 2. The molecule has 1 aliphatic heterocycles. The Kier molecular flexibility index (Phi) is 3.85. The Morgan fingerprint density at radius 2 is 1.93 bits per heavy atom. The number of fused-ring (bicyclic) bond motifs is 2. The minimum absolute atomic E-state index is 0.165. The lowest BCUT2D eigenvalue weighted by atomic mass is 9.59. The molecule has 0 bridgehead atoms. The van der Waals surface area contributed by atoms with Crippen molar-refractivity contribution in [2.75, 3.05) is 5.32 Å². The van der Waals surface area contributed by atoms with Crippen LogP contribution in [0.5, 0.6) is 0 Å². The van der Waals surface area contributed by atoms with Crippen LogP contribution in [0.3, 0.4) is 0 Å². The number of nitriles is 1. The van der Waals surface area contributed by atoms with E-state index in [4.69, 9.17) is 16.9 Å². The summed E-state index contributed by atoms with van der Waals surface area (Å²) in [4.78, 5) is 13.0. The molecule has 3 heterocycles. The molecule has 0 saturated carbocycles. The average Bonchev–Trinajstić information content (AvgIpc) is 3.32. The van der Waals surface area contributed by atoms with Crippen LogP contribution in [0, 0.1) is 11.2 Å². The Morgan fingerprint density at radius 3 is 2.75 bits per heavy atom. The molecule has 6 nitrogen and oxygen atoms in total. The van der Waals surface area contributed by atoms with E-state index in [0.717, 1.165) is 33.4 Å². The Hall–Kier alpha value is -3.63. The van der Waals surface area contributed by atoms with Gasteiger partial charge in [0.2, 0.25) is 5.28 Å². The van der Waals surface area contributed by atoms with Crippen LogP contribution in [0.25, 0.3) is 16.7 Å². The van der Waals surface area contributed by atoms with E-state index in [1.807, 2.05) is 65.4 Å². The molecule has 0 atom stereocenters. The molecule has 0 radical (unpaired) electrons. The first-order chi connectivity index (χ1) is 13.7. The molecule has 8 heteroatoms. The normalized spacial score (nSPS) is 12.2. The molecule has 0 aliphatic carbocycles. The molecule has 28 heavy (non-hydrogen) atoms. The lowest BCUT2D eigenvalue weighted by Gasteiger charge is -2.10. The smallest absolute Gasteiger partial charge is 0.340 e. The number of halogens is 1. The van der Waals surface area contributed by atoms with Crippen molar-refractivity contribution in [3.05, 3.63) is 71.6 Å². The first-order valence-electron chi connectivity index (χ1n) is 8.67. The molecule has 1 aliphatic rings. The van der Waals surface area contributed by atoms with Crippen molar-refractivity contribution in [2.24, 2.45) is 4.90 Å². The minimum atomic E-state index is -0.427. The SMILES string of the molecule is N#CB1N=Cc2cc(Nc3nc(Cl)nc4c3ccn4-c3ccccc3)ccc21. The van der Waals surface area contributed by atoms with Gasteiger partial charge in [-0.15, -0.1) is 0 Å². The Morgan fingerprint density at radius 1 is 1.07 bits per heavy atom. The molecule has 0 amide bonds. The van der Waals surface area contributed by atoms with Gasteiger partial charge in [0.05, 0.1) is 5.39 Å². The maximum Gasteiger partial charge on any atom is 0.429 e. The van der Waals surface area contributed by atoms with Crippen molar-refractivity contribution in [3.8, 4) is 11.7 Å². The maximum absolute atomic E-state index is 9.15. The first kappa shape index (κ1) is 16.5. The molecule has 5 rings (SSSR count). The highest BCUT2D eigenvalue weighted by Gasteiger charge is 2.24. The zero-order valence-corrected chi connectivity index (χ0v) is 15.3. The molecule has 0 saturated heterocycles. The highest BCUT2D eigenvalue weighted by atomic mass is 35.5. The molecule has 2 aromatic carbocycles. The molecule has 0 spiro atoms. The molecular formula is C20H12BClN6. The molecule has 4 aromatic rings. The maximum atomic E-state index is 9.15. The van der Waals surface area contributed by atoms with Gasteiger partial charge in [0.15, 0.2) is 5.65 Å². The third-order valence-corrected chi connectivity index (χ3v) is 4.85. The summed E-state index contributed by atoms with van der Waals surface area (Å²) in [5.74, 6) is 2.80. The van der Waals surface area contributed by atoms with Crippen molar-refractivity contribution >= 4 is 52.7 Å². The topological polar surface area (TPSA) is 78.9 Å². The van der Waals surface area contributed by atoms with Gasteiger partial charge in [-0.25, -0.2) is 5.26 Å². The summed E-state index contributed by atoms with van der Waals surface area (Å²) < 4.78 is 1.97. The van der Waals surface area contributed by atoms with Crippen molar-refractivity contribution in [1.82, 2.24) is 14.5 Å². The zero-order chi connectivity index (χ0) is 19.1. The summed E-state index contributed by atoms with van der Waals surface area (Å²) in [5, 5.41) is 13.5. The van der Waals surface area contributed by atoms with E-state index in [-0.39, 0.29) is 5.28 Å². The highest BCUT2D eigenvalue weighted by Crippen LogP contribution is 2.28. The number of aromatic nitrogens is 3. The molecule has 0 unspecified atom stereocenters. The molecule has 132 valence electrons. The van der Waals surface area contributed by atoms with Gasteiger partial charge >= 0.3 is 6.85 Å². The summed E-state index contributed by atoms with van der Waals surface area (Å²) in [6, 6.07) is 17.7. The summed E-state index contributed by atoms with van der Waals surface area (Å²) >= 11 is 6.21. The summed E-state index contributed by atoms with van der Waals surface area (Å²) in [7, 11) is 0. The van der Waals surface area contributed by atoms with Gasteiger partial charge < -0.3 is 14.8 Å². The van der Waals surface area contributed by atoms with Gasteiger partial charge in [0.1, 0.15) is 5.82 Å². The second-order valence-electron chi connectivity index (χ2n) is 6.38. The Balaban J connectivity index is 1.56. The van der Waals surface area contributed by atoms with E-state index in [1.165, 1.54) is 0 Å². The van der Waals surface area contributed by atoms with Gasteiger partial charge in [-0.1, -0.05) is 24.3 Å². The van der Waals surface area contributed by atoms with E-state index in [1.54, 1.807) is 6.21 Å². The Bertz CT molecular complexity index is 1280. The Labute approximate surface area is 166 Å². The van der Waals surface area contributed by atoms with Crippen LogP contribution in [0.1, 0.15) is 5.56 Å². The number of anilines is 2. The second-order valence-corrected chi connectivity index (χ2v) is 6.72. The minimum Gasteiger partial charge on any atom is -0.340 e. The third kappa shape index (κ3) is 2.71. The molecule has 2 aromatic heterocycles. The third-order valence-electron chi connectivity index (χ3n) is 4.68. The largest absolute Gasteiger partial charge is 0.429 e. The molecule has 1 N–H and O–H groups in total. The van der Waals surface area contributed by atoms with Crippen LogP contribution in [0.15, 0.2) is 65.7 Å². The van der Waals surface area contributed by atoms with E-state index < -0.39 is 6.85 Å². The number of para-hydroxylation sites is 1. The number of hydrogen-bond acceptors (Lipinski definition) is 5. The number of hydrogen-bond donors (Lipinski definition) is 1. The lowest BCUT2D eigenvalue weighted by molar-refractivity contribution is 1.08. The van der Waals surface area contributed by atoms with Crippen LogP contribution in [0.4, 0.5) is 11.5 Å². The molecule has 0 fully saturated rings. The summed E-state index contributed by atoms with van der Waals surface area (Å²) in [6.07, 6.45) is 3.67. The zero-order valence-electron chi connectivity index (χ0n) is 14.5. The standard InChI is InChI=1S/C20H12BClN6/c22-20-26-18(25-14-6-7-17-13(10-14)11-24-21(17)12-23)16-8-9-28(19(16)27-20)15-4-2-1-3-5-15/h1-11H,(H,25,26,27). The lowest BCUT2D eigenvalue weighted by Crippen LogP contribution is -2.24. The number of rotatable bonds is 3. The van der Waals surface area contributed by atoms with Gasteiger partial charge in [0, 0.05) is 29.8 Å². The van der Waals surface area contributed by atoms with Crippen molar-refractivity contribution in [2.45, 2.75) is 0 Å². The fourth-order valence-electron chi connectivity index (χ4n) is 3.37. The monoisotopic (exact) mass is 382 g/mol. The van der Waals surface area contributed by atoms with Crippen molar-refractivity contribution in [3.63, 3.8) is 0 Å². The van der Waals surface area contributed by atoms with Gasteiger partial charge in [-0.2, -0.15) is 9.97 Å². The fraction of sp³-hybridized carbons (Fsp3) is 0. The van der Waals surface area contributed by atoms with E-state index in [2.05, 4.69) is 26.2 Å². The van der Waals surface area contributed by atoms with Crippen LogP contribution in [0.2, 0.25) is 5.28 Å². The number of nitrogens with one attached hydrogen (secondary N) is 1. The van der Waals surface area contributed by atoms with Crippen molar-refractivity contribution < 1.29 is 0 Å². The van der Waals surface area contributed by atoms with Crippen LogP contribution >= 0.6 is 11.6 Å². The predicted molar refractivity (Wildman–Crippen MR) is 112 cm³/mol. The van der Waals surface area contributed by atoms with Crippen LogP contribution in [-0.2, 0) is 0 Å². The van der Waals surface area contributed by atoms with Gasteiger partial charge in [-0.3, -0.25) is 0 Å². The quantitative estimate of drug-likeness (QED) is 0.434. The predicted octanol–water partition coefficient (Wildman–Crippen LogP) is 3.51. The first-order valence-corrected chi connectivity index (χ1v) is 9.04. The second kappa shape index (κ2) is 6.52. The van der Waals surface area contributed by atoms with Gasteiger partial charge in [-0.05, 0) is 53.0 Å². The summed E-state index contributed by atoms with van der Waals surface area (Å²) in [6.45, 7) is -0.427. The van der Waals surface area contributed by atoms with Crippen molar-refractivity contribution in [1.29, 1.82) is 5.26 Å². The number of nitrogens with zero attached hydrogens (tertiary/aromatic N) is 5.